The van der Waals surface area contributed by atoms with Crippen LogP contribution in [0.15, 0.2) is 78.9 Å². The van der Waals surface area contributed by atoms with E-state index in [1.165, 1.54) is 22.3 Å². The summed E-state index contributed by atoms with van der Waals surface area (Å²) in [4.78, 5) is 0. The molecule has 1 nitrogen and oxygen atoms in total. The van der Waals surface area contributed by atoms with E-state index >= 15 is 0 Å². The number of aryl methyl sites for hydroxylation is 1. The highest BCUT2D eigenvalue weighted by atomic mass is 16.5. The maximum absolute atomic E-state index is 6.42. The van der Waals surface area contributed by atoms with Crippen molar-refractivity contribution in [1.82, 2.24) is 0 Å². The van der Waals surface area contributed by atoms with Gasteiger partial charge in [-0.1, -0.05) is 78.4 Å². The molecule has 2 atom stereocenters. The van der Waals surface area contributed by atoms with Gasteiger partial charge < -0.3 is 4.74 Å². The fraction of sp³-hybridized carbons (Fsp3) is 0.182. The first-order chi connectivity index (χ1) is 11.3. The molecule has 0 saturated carbocycles. The van der Waals surface area contributed by atoms with Crippen molar-refractivity contribution < 1.29 is 4.74 Å². The Balaban J connectivity index is 1.78. The van der Waals surface area contributed by atoms with Crippen LogP contribution in [0.25, 0.3) is 0 Å². The quantitative estimate of drug-likeness (QED) is 0.611. The van der Waals surface area contributed by atoms with Gasteiger partial charge in [-0.2, -0.15) is 0 Å². The SMILES string of the molecule is Cc1ccc(C2Oc3ccccc3CC2c2ccccc2)cc1. The molecule has 1 heterocycles. The Morgan fingerprint density at radius 2 is 1.43 bits per heavy atom. The van der Waals surface area contributed by atoms with Crippen LogP contribution in [0.4, 0.5) is 0 Å². The van der Waals surface area contributed by atoms with Crippen LogP contribution in [-0.2, 0) is 6.42 Å². The molecule has 0 aliphatic carbocycles. The topological polar surface area (TPSA) is 9.23 Å². The van der Waals surface area contributed by atoms with Gasteiger partial charge in [0.15, 0.2) is 0 Å². The molecule has 0 spiro atoms. The lowest BCUT2D eigenvalue weighted by atomic mass is 9.82. The zero-order valence-corrected chi connectivity index (χ0v) is 13.3. The highest BCUT2D eigenvalue weighted by Crippen LogP contribution is 2.43. The molecule has 3 aromatic carbocycles. The van der Waals surface area contributed by atoms with Crippen molar-refractivity contribution in [2.75, 3.05) is 0 Å². The Morgan fingerprint density at radius 1 is 0.739 bits per heavy atom. The van der Waals surface area contributed by atoms with Gasteiger partial charge in [-0.25, -0.2) is 0 Å². The normalized spacial score (nSPS) is 19.7. The maximum atomic E-state index is 6.42. The van der Waals surface area contributed by atoms with Crippen molar-refractivity contribution in [3.05, 3.63) is 101 Å². The number of benzene rings is 3. The smallest absolute Gasteiger partial charge is 0.131 e. The van der Waals surface area contributed by atoms with Crippen LogP contribution in [0.5, 0.6) is 5.75 Å². The molecule has 3 aromatic rings. The Bertz CT molecular complexity index is 790. The number of para-hydroxylation sites is 1. The molecule has 0 saturated heterocycles. The fourth-order valence-corrected chi connectivity index (χ4v) is 3.40. The van der Waals surface area contributed by atoms with Gasteiger partial charge in [-0.3, -0.25) is 0 Å². The predicted molar refractivity (Wildman–Crippen MR) is 93.9 cm³/mol. The van der Waals surface area contributed by atoms with E-state index in [0.29, 0.717) is 5.92 Å². The summed E-state index contributed by atoms with van der Waals surface area (Å²) in [6.45, 7) is 2.12. The summed E-state index contributed by atoms with van der Waals surface area (Å²) in [6.07, 6.45) is 1.08. The van der Waals surface area contributed by atoms with Crippen LogP contribution < -0.4 is 4.74 Å². The largest absolute Gasteiger partial charge is 0.485 e. The average molecular weight is 300 g/mol. The summed E-state index contributed by atoms with van der Waals surface area (Å²) < 4.78 is 6.42. The molecule has 4 rings (SSSR count). The van der Waals surface area contributed by atoms with E-state index < -0.39 is 0 Å². The number of ether oxygens (including phenoxy) is 1. The fourth-order valence-electron chi connectivity index (χ4n) is 3.40. The molecular formula is C22H20O. The lowest BCUT2D eigenvalue weighted by Gasteiger charge is -2.34. The van der Waals surface area contributed by atoms with E-state index in [0.717, 1.165) is 12.2 Å². The molecule has 0 N–H and O–H groups in total. The molecule has 2 unspecified atom stereocenters. The van der Waals surface area contributed by atoms with Crippen LogP contribution in [-0.4, -0.2) is 0 Å². The Labute approximate surface area is 137 Å². The van der Waals surface area contributed by atoms with E-state index in [1.807, 2.05) is 6.07 Å². The van der Waals surface area contributed by atoms with E-state index in [1.54, 1.807) is 0 Å². The zero-order valence-electron chi connectivity index (χ0n) is 13.3. The minimum atomic E-state index is 0.0629. The van der Waals surface area contributed by atoms with Crippen LogP contribution in [0.3, 0.4) is 0 Å². The van der Waals surface area contributed by atoms with Crippen molar-refractivity contribution >= 4 is 0 Å². The van der Waals surface area contributed by atoms with E-state index in [-0.39, 0.29) is 6.10 Å². The summed E-state index contributed by atoms with van der Waals surface area (Å²) in [5.41, 5.74) is 5.16. The Morgan fingerprint density at radius 3 is 2.22 bits per heavy atom. The lowest BCUT2D eigenvalue weighted by molar-refractivity contribution is 0.151. The highest BCUT2D eigenvalue weighted by molar-refractivity contribution is 5.41. The average Bonchev–Trinajstić information content (AvgIpc) is 2.62. The Kier molecular flexibility index (Phi) is 3.63. The second-order valence-electron chi connectivity index (χ2n) is 6.28. The van der Waals surface area contributed by atoms with Crippen molar-refractivity contribution in [2.45, 2.75) is 25.4 Å². The Hall–Kier alpha value is -2.54. The van der Waals surface area contributed by atoms with Gasteiger partial charge in [-0.05, 0) is 36.1 Å². The third kappa shape index (κ3) is 2.75. The summed E-state index contributed by atoms with van der Waals surface area (Å²) in [5, 5.41) is 0. The molecule has 1 aliphatic rings. The molecule has 1 aliphatic heterocycles. The first-order valence-electron chi connectivity index (χ1n) is 8.17. The van der Waals surface area contributed by atoms with E-state index in [9.17, 15) is 0 Å². The van der Waals surface area contributed by atoms with Crippen LogP contribution in [0.1, 0.15) is 34.3 Å². The molecule has 0 fully saturated rings. The molecule has 0 amide bonds. The third-order valence-electron chi connectivity index (χ3n) is 4.67. The highest BCUT2D eigenvalue weighted by Gasteiger charge is 2.32. The van der Waals surface area contributed by atoms with E-state index in [2.05, 4.69) is 79.7 Å². The first-order valence-corrected chi connectivity index (χ1v) is 8.17. The minimum Gasteiger partial charge on any atom is -0.485 e. The summed E-state index contributed by atoms with van der Waals surface area (Å²) >= 11 is 0. The van der Waals surface area contributed by atoms with Crippen LogP contribution in [0.2, 0.25) is 0 Å². The van der Waals surface area contributed by atoms with Crippen LogP contribution >= 0.6 is 0 Å². The lowest BCUT2D eigenvalue weighted by Crippen LogP contribution is -2.24. The molecule has 0 aromatic heterocycles. The number of fused-ring (bicyclic) bond motifs is 1. The van der Waals surface area contributed by atoms with Crippen LogP contribution in [0, 0.1) is 6.92 Å². The van der Waals surface area contributed by atoms with Crippen molar-refractivity contribution in [3.63, 3.8) is 0 Å². The summed E-state index contributed by atoms with van der Waals surface area (Å²) in [6, 6.07) is 27.9. The number of rotatable bonds is 2. The summed E-state index contributed by atoms with van der Waals surface area (Å²) in [7, 11) is 0. The van der Waals surface area contributed by atoms with Gasteiger partial charge in [-0.15, -0.1) is 0 Å². The number of hydrogen-bond acceptors (Lipinski definition) is 1. The van der Waals surface area contributed by atoms with Gasteiger partial charge in [0.05, 0.1) is 0 Å². The number of hydrogen-bond donors (Lipinski definition) is 0. The molecular weight excluding hydrogens is 280 g/mol. The second kappa shape index (κ2) is 5.92. The van der Waals surface area contributed by atoms with Crippen molar-refractivity contribution in [2.24, 2.45) is 0 Å². The maximum Gasteiger partial charge on any atom is 0.131 e. The van der Waals surface area contributed by atoms with Gasteiger partial charge >= 0.3 is 0 Å². The molecule has 0 radical (unpaired) electrons. The van der Waals surface area contributed by atoms with Gasteiger partial charge in [0.2, 0.25) is 0 Å². The predicted octanol–water partition coefficient (Wildman–Crippen LogP) is 5.46. The van der Waals surface area contributed by atoms with Crippen molar-refractivity contribution in [1.29, 1.82) is 0 Å². The monoisotopic (exact) mass is 300 g/mol. The van der Waals surface area contributed by atoms with Gasteiger partial charge in [0.1, 0.15) is 11.9 Å². The van der Waals surface area contributed by atoms with Gasteiger partial charge in [0.25, 0.3) is 0 Å². The zero-order chi connectivity index (χ0) is 15.6. The molecule has 0 bridgehead atoms. The molecule has 23 heavy (non-hydrogen) atoms. The van der Waals surface area contributed by atoms with Gasteiger partial charge in [0, 0.05) is 5.92 Å². The first kappa shape index (κ1) is 14.1. The second-order valence-corrected chi connectivity index (χ2v) is 6.28. The summed E-state index contributed by atoms with van der Waals surface area (Å²) in [5.74, 6) is 1.36. The van der Waals surface area contributed by atoms with Crippen molar-refractivity contribution in [3.8, 4) is 5.75 Å². The minimum absolute atomic E-state index is 0.0629. The standard InChI is InChI=1S/C22H20O/c1-16-11-13-18(14-12-16)22-20(17-7-3-2-4-8-17)15-19-9-5-6-10-21(19)23-22/h2-14,20,22H,15H2,1H3. The third-order valence-corrected chi connectivity index (χ3v) is 4.67. The van der Waals surface area contributed by atoms with E-state index in [4.69, 9.17) is 4.74 Å². The molecule has 1 heteroatoms. The molecule has 114 valence electrons.